The van der Waals surface area contributed by atoms with Crippen molar-refractivity contribution < 1.29 is 22.4 Å². The normalized spacial score (nSPS) is 38.6. The van der Waals surface area contributed by atoms with Crippen molar-refractivity contribution in [2.75, 3.05) is 0 Å². The lowest BCUT2D eigenvalue weighted by Gasteiger charge is -2.64. The molecule has 0 aromatic heterocycles. The lowest BCUT2D eigenvalue weighted by Crippen LogP contribution is -2.69. The van der Waals surface area contributed by atoms with Crippen molar-refractivity contribution in [2.24, 2.45) is 29.1 Å². The fourth-order valence-electron chi connectivity index (χ4n) is 7.03. The average molecular weight is 395 g/mol. The number of nitrogens with zero attached hydrogens (tertiary/aromatic N) is 1. The predicted octanol–water partition coefficient (Wildman–Crippen LogP) is 5.58. The smallest absolute Gasteiger partial charge is 0.330 e. The maximum absolute atomic E-state index is 15.0. The van der Waals surface area contributed by atoms with Crippen molar-refractivity contribution in [1.82, 2.24) is 4.90 Å². The van der Waals surface area contributed by atoms with Gasteiger partial charge in [-0.05, 0) is 75.7 Å². The number of amides is 1. The second kappa shape index (κ2) is 5.73. The van der Waals surface area contributed by atoms with E-state index in [-0.39, 0.29) is 17.5 Å². The number of hydrogen-bond donors (Lipinski definition) is 0. The van der Waals surface area contributed by atoms with Gasteiger partial charge in [0, 0.05) is 11.6 Å². The SMILES string of the molecule is CC1(C)C(=O)N(C2C3CC4CC(C3)CC2C4)C1c1cccc(C(F)(F)F)c1F. The van der Waals surface area contributed by atoms with Gasteiger partial charge in [-0.15, -0.1) is 0 Å². The van der Waals surface area contributed by atoms with Gasteiger partial charge in [0.1, 0.15) is 5.82 Å². The maximum Gasteiger partial charge on any atom is 0.419 e. The number of hydrogen-bond acceptors (Lipinski definition) is 1. The summed E-state index contributed by atoms with van der Waals surface area (Å²) in [7, 11) is 0. The summed E-state index contributed by atoms with van der Waals surface area (Å²) in [6.07, 6.45) is 0.926. The summed E-state index contributed by atoms with van der Waals surface area (Å²) < 4.78 is 54.7. The van der Waals surface area contributed by atoms with Crippen molar-refractivity contribution in [1.29, 1.82) is 0 Å². The van der Waals surface area contributed by atoms with Crippen molar-refractivity contribution in [3.8, 4) is 0 Å². The third kappa shape index (κ3) is 2.42. The van der Waals surface area contributed by atoms with E-state index in [0.29, 0.717) is 11.8 Å². The zero-order chi connectivity index (χ0) is 20.0. The molecule has 0 N–H and O–H groups in total. The zero-order valence-corrected chi connectivity index (χ0v) is 16.1. The van der Waals surface area contributed by atoms with E-state index in [1.807, 2.05) is 0 Å². The van der Waals surface area contributed by atoms with E-state index in [0.717, 1.165) is 43.6 Å². The highest BCUT2D eigenvalue weighted by Gasteiger charge is 2.62. The quantitative estimate of drug-likeness (QED) is 0.473. The summed E-state index contributed by atoms with van der Waals surface area (Å²) in [5.41, 5.74) is -2.13. The Balaban J connectivity index is 1.55. The molecule has 1 unspecified atom stereocenters. The number of halogens is 4. The van der Waals surface area contributed by atoms with Gasteiger partial charge in [-0.1, -0.05) is 12.1 Å². The minimum Gasteiger partial charge on any atom is -0.330 e. The Bertz CT molecular complexity index is 802. The molecule has 4 bridgehead atoms. The van der Waals surface area contributed by atoms with Gasteiger partial charge < -0.3 is 4.90 Å². The van der Waals surface area contributed by atoms with E-state index < -0.39 is 29.0 Å². The molecule has 5 aliphatic rings. The highest BCUT2D eigenvalue weighted by Crippen LogP contribution is 2.61. The summed E-state index contributed by atoms with van der Waals surface area (Å²) in [5.74, 6) is 1.00. The van der Waals surface area contributed by atoms with Crippen molar-refractivity contribution >= 4 is 5.91 Å². The summed E-state index contributed by atoms with van der Waals surface area (Å²) >= 11 is 0. The topological polar surface area (TPSA) is 20.3 Å². The minimum absolute atomic E-state index is 0.00762. The molecular formula is C22H25F4NO. The number of rotatable bonds is 2. The molecule has 152 valence electrons. The van der Waals surface area contributed by atoms with Crippen LogP contribution in [0.15, 0.2) is 18.2 Å². The van der Waals surface area contributed by atoms with Crippen LogP contribution in [0.1, 0.15) is 63.1 Å². The molecule has 6 rings (SSSR count). The fraction of sp³-hybridized carbons (Fsp3) is 0.682. The molecule has 6 heteroatoms. The van der Waals surface area contributed by atoms with E-state index in [1.165, 1.54) is 18.6 Å². The largest absolute Gasteiger partial charge is 0.419 e. The van der Waals surface area contributed by atoms with Gasteiger partial charge in [0.25, 0.3) is 0 Å². The van der Waals surface area contributed by atoms with Crippen LogP contribution in [0.4, 0.5) is 17.6 Å². The van der Waals surface area contributed by atoms with Gasteiger partial charge in [-0.2, -0.15) is 13.2 Å². The van der Waals surface area contributed by atoms with Crippen LogP contribution in [0, 0.1) is 34.9 Å². The monoisotopic (exact) mass is 395 g/mol. The van der Waals surface area contributed by atoms with E-state index in [4.69, 9.17) is 0 Å². The van der Waals surface area contributed by atoms with Crippen LogP contribution >= 0.6 is 0 Å². The summed E-state index contributed by atoms with van der Waals surface area (Å²) in [6, 6.07) is 2.87. The minimum atomic E-state index is -4.74. The fourth-order valence-corrected chi connectivity index (χ4v) is 7.03. The third-order valence-corrected chi connectivity index (χ3v) is 7.87. The first kappa shape index (κ1) is 18.4. The number of β-lactam (4-membered cyclic amide) rings is 1. The first-order valence-corrected chi connectivity index (χ1v) is 10.3. The first-order valence-electron chi connectivity index (χ1n) is 10.3. The molecule has 1 aliphatic heterocycles. The molecule has 4 aliphatic carbocycles. The van der Waals surface area contributed by atoms with Crippen molar-refractivity contribution in [3.63, 3.8) is 0 Å². The Labute approximate surface area is 162 Å². The molecule has 0 spiro atoms. The number of benzene rings is 1. The standard InChI is InChI=1S/C22H25F4NO/c1-21(2)19(15-4-3-5-16(17(15)23)22(24,25)26)27(20(21)28)18-13-7-11-6-12(9-13)10-14(18)8-11/h3-5,11-14,18-19H,6-10H2,1-2H3. The average Bonchev–Trinajstić information content (AvgIpc) is 2.59. The lowest BCUT2D eigenvalue weighted by molar-refractivity contribution is -0.192. The Morgan fingerprint density at radius 2 is 1.57 bits per heavy atom. The second-order valence-electron chi connectivity index (χ2n) is 9.96. The van der Waals surface area contributed by atoms with Crippen molar-refractivity contribution in [2.45, 2.75) is 64.2 Å². The van der Waals surface area contributed by atoms with Gasteiger partial charge in [0.05, 0.1) is 17.0 Å². The summed E-state index contributed by atoms with van der Waals surface area (Å²) in [5, 5.41) is 0. The maximum atomic E-state index is 15.0. The highest BCUT2D eigenvalue weighted by molar-refractivity contribution is 5.90. The molecular weight excluding hydrogens is 370 g/mol. The van der Waals surface area contributed by atoms with Crippen LogP contribution in [0.5, 0.6) is 0 Å². The molecule has 2 nitrogen and oxygen atoms in total. The Morgan fingerprint density at radius 3 is 2.11 bits per heavy atom. The van der Waals surface area contributed by atoms with E-state index in [9.17, 15) is 22.4 Å². The molecule has 1 amide bonds. The number of likely N-dealkylation sites (tertiary alicyclic amines) is 1. The van der Waals surface area contributed by atoms with Crippen LogP contribution in [-0.4, -0.2) is 16.8 Å². The van der Waals surface area contributed by atoms with E-state index in [1.54, 1.807) is 18.7 Å². The van der Waals surface area contributed by atoms with Gasteiger partial charge in [-0.3, -0.25) is 4.79 Å². The zero-order valence-electron chi connectivity index (χ0n) is 16.1. The predicted molar refractivity (Wildman–Crippen MR) is 95.6 cm³/mol. The van der Waals surface area contributed by atoms with Gasteiger partial charge in [0.2, 0.25) is 5.91 Å². The van der Waals surface area contributed by atoms with E-state index >= 15 is 0 Å². The van der Waals surface area contributed by atoms with Crippen molar-refractivity contribution in [3.05, 3.63) is 35.1 Å². The molecule has 1 saturated heterocycles. The van der Waals surface area contributed by atoms with Gasteiger partial charge >= 0.3 is 6.18 Å². The van der Waals surface area contributed by atoms with Gasteiger partial charge in [-0.25, -0.2) is 4.39 Å². The Morgan fingerprint density at radius 1 is 1.00 bits per heavy atom. The third-order valence-electron chi connectivity index (χ3n) is 7.87. The molecule has 1 atom stereocenters. The van der Waals surface area contributed by atoms with Crippen LogP contribution in [0.3, 0.4) is 0 Å². The molecule has 28 heavy (non-hydrogen) atoms. The summed E-state index contributed by atoms with van der Waals surface area (Å²) in [6.45, 7) is 3.46. The highest BCUT2D eigenvalue weighted by atomic mass is 19.4. The number of carbonyl (C=O) groups excluding carboxylic acids is 1. The molecule has 1 aromatic carbocycles. The lowest BCUT2D eigenvalue weighted by atomic mass is 9.52. The molecule has 1 heterocycles. The number of alkyl halides is 3. The Hall–Kier alpha value is -1.59. The Kier molecular flexibility index (Phi) is 3.77. The van der Waals surface area contributed by atoms with E-state index in [2.05, 4.69) is 0 Å². The van der Waals surface area contributed by atoms with Crippen LogP contribution < -0.4 is 0 Å². The molecule has 0 radical (unpaired) electrons. The molecule has 4 saturated carbocycles. The van der Waals surface area contributed by atoms with Crippen LogP contribution in [-0.2, 0) is 11.0 Å². The molecule has 1 aromatic rings. The first-order chi connectivity index (χ1) is 13.1. The van der Waals surface area contributed by atoms with Crippen LogP contribution in [0.25, 0.3) is 0 Å². The molecule has 5 fully saturated rings. The van der Waals surface area contributed by atoms with Gasteiger partial charge in [0.15, 0.2) is 0 Å². The summed E-state index contributed by atoms with van der Waals surface area (Å²) in [4.78, 5) is 14.8. The second-order valence-corrected chi connectivity index (χ2v) is 9.96. The van der Waals surface area contributed by atoms with Crippen LogP contribution in [0.2, 0.25) is 0 Å². The number of carbonyl (C=O) groups is 1.